The van der Waals surface area contributed by atoms with E-state index in [1.807, 2.05) is 0 Å². The highest BCUT2D eigenvalue weighted by molar-refractivity contribution is 6.21. The van der Waals surface area contributed by atoms with Gasteiger partial charge in [0.1, 0.15) is 5.75 Å². The summed E-state index contributed by atoms with van der Waals surface area (Å²) in [5, 5.41) is 10.3. The average molecular weight is 324 g/mol. The van der Waals surface area contributed by atoms with Crippen LogP contribution < -0.4 is 5.43 Å². The number of nitrogens with one attached hydrogen (secondary N) is 1. The molecule has 0 radical (unpaired) electrons. The zero-order chi connectivity index (χ0) is 14.1. The first-order valence-corrected chi connectivity index (χ1v) is 6.01. The van der Waals surface area contributed by atoms with E-state index in [0.29, 0.717) is 6.54 Å². The Bertz CT molecular complexity index is 694. The lowest BCUT2D eigenvalue weighted by Crippen LogP contribution is -2.41. The largest absolute Gasteiger partial charge is 0.508 e. The van der Waals surface area contributed by atoms with E-state index in [4.69, 9.17) is 0 Å². The Balaban J connectivity index is 0.00000121. The zero-order valence-corrected chi connectivity index (χ0v) is 12.1. The van der Waals surface area contributed by atoms with Crippen molar-refractivity contribution in [3.63, 3.8) is 0 Å². The van der Waals surface area contributed by atoms with E-state index in [9.17, 15) is 14.7 Å². The predicted octanol–water partition coefficient (Wildman–Crippen LogP) is 0.685. The third kappa shape index (κ3) is 3.06. The summed E-state index contributed by atoms with van der Waals surface area (Å²) >= 11 is 0. The maximum Gasteiger partial charge on any atom is 0.276 e. The second-order valence-corrected chi connectivity index (χ2v) is 4.37. The maximum atomic E-state index is 12.1. The van der Waals surface area contributed by atoms with E-state index < -0.39 is 11.8 Å². The molecule has 116 valence electrons. The SMILES string of the molecule is Cl.O.O=C1c2ccc(O)cc2C(=O)N1NCc1ccncc1. The van der Waals surface area contributed by atoms with Crippen LogP contribution in [0.5, 0.6) is 5.75 Å². The van der Waals surface area contributed by atoms with Gasteiger partial charge in [0.25, 0.3) is 11.8 Å². The normalized spacial score (nSPS) is 12.5. The van der Waals surface area contributed by atoms with Crippen LogP contribution >= 0.6 is 12.4 Å². The van der Waals surface area contributed by atoms with Gasteiger partial charge in [0.2, 0.25) is 0 Å². The predicted molar refractivity (Wildman–Crippen MR) is 80.5 cm³/mol. The molecular weight excluding hydrogens is 310 g/mol. The quantitative estimate of drug-likeness (QED) is 0.806. The molecular formula is C14H14ClN3O4. The molecule has 2 aromatic rings. The minimum atomic E-state index is -0.463. The topological polar surface area (TPSA) is 114 Å². The lowest BCUT2D eigenvalue weighted by atomic mass is 10.1. The number of carbonyl (C=O) groups is 2. The Morgan fingerprint density at radius 1 is 1.05 bits per heavy atom. The van der Waals surface area contributed by atoms with E-state index in [0.717, 1.165) is 10.6 Å². The molecule has 8 heteroatoms. The van der Waals surface area contributed by atoms with E-state index >= 15 is 0 Å². The molecule has 0 unspecified atom stereocenters. The first-order valence-electron chi connectivity index (χ1n) is 6.01. The number of aromatic hydroxyl groups is 1. The summed E-state index contributed by atoms with van der Waals surface area (Å²) < 4.78 is 0. The fraction of sp³-hybridized carbons (Fsp3) is 0.0714. The number of aromatic nitrogens is 1. The maximum absolute atomic E-state index is 12.1. The zero-order valence-electron chi connectivity index (χ0n) is 11.3. The number of fused-ring (bicyclic) bond motifs is 1. The van der Waals surface area contributed by atoms with Gasteiger partial charge in [0.05, 0.1) is 11.1 Å². The van der Waals surface area contributed by atoms with Gasteiger partial charge < -0.3 is 10.6 Å². The van der Waals surface area contributed by atoms with E-state index in [2.05, 4.69) is 10.4 Å². The smallest absolute Gasteiger partial charge is 0.276 e. The molecule has 0 atom stereocenters. The van der Waals surface area contributed by atoms with Gasteiger partial charge in [-0.25, -0.2) is 10.4 Å². The molecule has 2 amide bonds. The third-order valence-corrected chi connectivity index (χ3v) is 3.06. The molecule has 0 bridgehead atoms. The van der Waals surface area contributed by atoms with Crippen LogP contribution in [0.4, 0.5) is 0 Å². The Morgan fingerprint density at radius 3 is 2.36 bits per heavy atom. The van der Waals surface area contributed by atoms with Crippen molar-refractivity contribution in [2.24, 2.45) is 0 Å². The van der Waals surface area contributed by atoms with Crippen LogP contribution in [0.1, 0.15) is 26.3 Å². The van der Waals surface area contributed by atoms with Gasteiger partial charge in [-0.1, -0.05) is 0 Å². The van der Waals surface area contributed by atoms with Crippen molar-refractivity contribution < 1.29 is 20.2 Å². The van der Waals surface area contributed by atoms with Crippen LogP contribution in [0, 0.1) is 0 Å². The number of pyridine rings is 1. The molecule has 3 rings (SSSR count). The monoisotopic (exact) mass is 323 g/mol. The van der Waals surface area contributed by atoms with Crippen molar-refractivity contribution in [1.29, 1.82) is 0 Å². The number of hydrazine groups is 1. The molecule has 0 spiro atoms. The Hall–Kier alpha value is -2.48. The Labute approximate surface area is 132 Å². The standard InChI is InChI=1S/C14H11N3O3.ClH.H2O/c18-10-1-2-11-12(7-10)14(20)17(13(11)19)16-8-9-3-5-15-6-4-9;;/h1-7,16,18H,8H2;1H;1H2. The van der Waals surface area contributed by atoms with Crippen LogP contribution in [0.2, 0.25) is 0 Å². The van der Waals surface area contributed by atoms with Crippen molar-refractivity contribution in [2.75, 3.05) is 0 Å². The lowest BCUT2D eigenvalue weighted by molar-refractivity contribution is 0.0562. The molecule has 7 nitrogen and oxygen atoms in total. The van der Waals surface area contributed by atoms with Crippen molar-refractivity contribution in [2.45, 2.75) is 6.54 Å². The number of rotatable bonds is 3. The number of phenols is 1. The lowest BCUT2D eigenvalue weighted by Gasteiger charge is -2.14. The fourth-order valence-corrected chi connectivity index (χ4v) is 2.04. The molecule has 0 aliphatic carbocycles. The number of benzene rings is 1. The van der Waals surface area contributed by atoms with E-state index in [1.165, 1.54) is 18.2 Å². The van der Waals surface area contributed by atoms with Crippen molar-refractivity contribution >= 4 is 24.2 Å². The van der Waals surface area contributed by atoms with Gasteiger partial charge in [-0.3, -0.25) is 14.6 Å². The number of amides is 2. The summed E-state index contributed by atoms with van der Waals surface area (Å²) in [5.41, 5.74) is 4.18. The van der Waals surface area contributed by atoms with E-state index in [1.54, 1.807) is 24.5 Å². The summed E-state index contributed by atoms with van der Waals surface area (Å²) in [6.45, 7) is 0.333. The summed E-state index contributed by atoms with van der Waals surface area (Å²) in [7, 11) is 0. The molecule has 0 saturated heterocycles. The minimum Gasteiger partial charge on any atom is -0.508 e. The second-order valence-electron chi connectivity index (χ2n) is 4.37. The minimum absolute atomic E-state index is 0. The molecule has 0 saturated carbocycles. The Kier molecular flexibility index (Phi) is 5.58. The van der Waals surface area contributed by atoms with Gasteiger partial charge >= 0.3 is 0 Å². The number of nitrogens with zero attached hydrogens (tertiary/aromatic N) is 2. The fourth-order valence-electron chi connectivity index (χ4n) is 2.04. The molecule has 1 aromatic heterocycles. The van der Waals surface area contributed by atoms with Crippen molar-refractivity contribution in [3.8, 4) is 5.75 Å². The second kappa shape index (κ2) is 6.99. The Morgan fingerprint density at radius 2 is 1.68 bits per heavy atom. The molecule has 22 heavy (non-hydrogen) atoms. The van der Waals surface area contributed by atoms with Crippen LogP contribution in [0.3, 0.4) is 0 Å². The van der Waals surface area contributed by atoms with Crippen LogP contribution in [0.15, 0.2) is 42.7 Å². The highest BCUT2D eigenvalue weighted by Gasteiger charge is 2.35. The van der Waals surface area contributed by atoms with Crippen molar-refractivity contribution in [3.05, 3.63) is 59.4 Å². The van der Waals surface area contributed by atoms with Gasteiger partial charge in [-0.15, -0.1) is 12.4 Å². The summed E-state index contributed by atoms with van der Waals surface area (Å²) in [6, 6.07) is 7.70. The summed E-state index contributed by atoms with van der Waals surface area (Å²) in [4.78, 5) is 28.1. The van der Waals surface area contributed by atoms with E-state index in [-0.39, 0.29) is 34.8 Å². The number of hydrogen-bond donors (Lipinski definition) is 2. The van der Waals surface area contributed by atoms with Crippen LogP contribution in [-0.4, -0.2) is 32.4 Å². The third-order valence-electron chi connectivity index (χ3n) is 3.06. The number of imide groups is 1. The average Bonchev–Trinajstić information content (AvgIpc) is 2.70. The first-order chi connectivity index (χ1) is 9.66. The summed E-state index contributed by atoms with van der Waals surface area (Å²) in [6.07, 6.45) is 3.27. The first kappa shape index (κ1) is 17.6. The molecule has 1 aliphatic rings. The number of phenolic OH excluding ortho intramolecular Hbond substituents is 1. The number of hydrogen-bond acceptors (Lipinski definition) is 5. The molecule has 0 fully saturated rings. The molecule has 2 heterocycles. The number of carbonyl (C=O) groups excluding carboxylic acids is 2. The van der Waals surface area contributed by atoms with Crippen molar-refractivity contribution in [1.82, 2.24) is 15.4 Å². The van der Waals surface area contributed by atoms with Gasteiger partial charge in [-0.2, -0.15) is 0 Å². The van der Waals surface area contributed by atoms with Crippen LogP contribution in [0.25, 0.3) is 0 Å². The molecule has 4 N–H and O–H groups in total. The van der Waals surface area contributed by atoms with Crippen LogP contribution in [-0.2, 0) is 6.54 Å². The van der Waals surface area contributed by atoms with Gasteiger partial charge in [-0.05, 0) is 35.9 Å². The highest BCUT2D eigenvalue weighted by Crippen LogP contribution is 2.25. The van der Waals surface area contributed by atoms with Gasteiger partial charge in [0, 0.05) is 18.9 Å². The highest BCUT2D eigenvalue weighted by atomic mass is 35.5. The van der Waals surface area contributed by atoms with Gasteiger partial charge in [0.15, 0.2) is 0 Å². The summed E-state index contributed by atoms with van der Waals surface area (Å²) in [5.74, 6) is -0.921. The molecule has 1 aliphatic heterocycles. The molecule has 1 aromatic carbocycles. The number of halogens is 1.